The van der Waals surface area contributed by atoms with Gasteiger partial charge in [0, 0.05) is 18.5 Å². The molecule has 2 amide bonds. The lowest BCUT2D eigenvalue weighted by Crippen LogP contribution is -2.36. The molecule has 34 heavy (non-hydrogen) atoms. The maximum absolute atomic E-state index is 14.4. The number of hydrogen-bond donors (Lipinski definition) is 1. The van der Waals surface area contributed by atoms with Gasteiger partial charge in [0.1, 0.15) is 10.8 Å². The molecule has 0 aliphatic heterocycles. The molecule has 0 aliphatic rings. The van der Waals surface area contributed by atoms with Crippen LogP contribution >= 0.6 is 11.3 Å². The Balaban J connectivity index is 1.47. The lowest BCUT2D eigenvalue weighted by molar-refractivity contribution is -0.116. The van der Waals surface area contributed by atoms with Crippen LogP contribution in [0.25, 0.3) is 10.6 Å². The zero-order valence-electron chi connectivity index (χ0n) is 18.5. The van der Waals surface area contributed by atoms with Crippen LogP contribution in [0.15, 0.2) is 84.9 Å². The van der Waals surface area contributed by atoms with Gasteiger partial charge in [0.2, 0.25) is 11.0 Å². The Labute approximate surface area is 201 Å². The smallest absolute Gasteiger partial charge is 0.257 e. The van der Waals surface area contributed by atoms with Crippen LogP contribution in [0.2, 0.25) is 0 Å². The molecular weight excluding hydrogens is 451 g/mol. The number of nitrogens with one attached hydrogen (secondary N) is 1. The minimum atomic E-state index is -0.593. The van der Waals surface area contributed by atoms with Crippen molar-refractivity contribution in [1.82, 2.24) is 15.1 Å². The fourth-order valence-corrected chi connectivity index (χ4v) is 4.31. The lowest BCUT2D eigenvalue weighted by Gasteiger charge is -2.30. The third kappa shape index (κ3) is 5.52. The van der Waals surface area contributed by atoms with E-state index in [2.05, 4.69) is 15.5 Å². The van der Waals surface area contributed by atoms with E-state index < -0.39 is 11.7 Å². The molecule has 8 heteroatoms. The summed E-state index contributed by atoms with van der Waals surface area (Å²) < 4.78 is 14.4. The van der Waals surface area contributed by atoms with Crippen molar-refractivity contribution in [2.45, 2.75) is 19.4 Å². The molecule has 4 rings (SSSR count). The topological polar surface area (TPSA) is 75.2 Å². The standard InChI is InChI=1S/C26H23FN4O2S/c1-18(19-10-4-2-5-11-19)31(25(33)21-14-8-9-15-22(21)27)17-16-23(32)28-26-30-29-24(34-26)20-12-6-3-7-13-20/h2-15,18H,16-17H2,1H3,(H,28,30,32)/t18-/m0/s1. The van der Waals surface area contributed by atoms with E-state index in [4.69, 9.17) is 0 Å². The largest absolute Gasteiger partial charge is 0.331 e. The van der Waals surface area contributed by atoms with Gasteiger partial charge < -0.3 is 10.2 Å². The van der Waals surface area contributed by atoms with E-state index in [-0.39, 0.29) is 30.5 Å². The highest BCUT2D eigenvalue weighted by atomic mass is 32.1. The molecule has 0 aliphatic carbocycles. The molecule has 0 radical (unpaired) electrons. The highest BCUT2D eigenvalue weighted by Crippen LogP contribution is 2.27. The van der Waals surface area contributed by atoms with Gasteiger partial charge in [-0.25, -0.2) is 4.39 Å². The van der Waals surface area contributed by atoms with Gasteiger partial charge in [0.25, 0.3) is 5.91 Å². The summed E-state index contributed by atoms with van der Waals surface area (Å²) >= 11 is 1.27. The Hall–Kier alpha value is -3.91. The number of aromatic nitrogens is 2. The second kappa shape index (κ2) is 10.8. The van der Waals surface area contributed by atoms with Crippen molar-refractivity contribution in [3.63, 3.8) is 0 Å². The van der Waals surface area contributed by atoms with Gasteiger partial charge in [-0.05, 0) is 24.6 Å². The van der Waals surface area contributed by atoms with E-state index in [1.54, 1.807) is 6.07 Å². The summed E-state index contributed by atoms with van der Waals surface area (Å²) in [4.78, 5) is 27.4. The van der Waals surface area contributed by atoms with Gasteiger partial charge in [-0.1, -0.05) is 84.1 Å². The molecule has 0 fully saturated rings. The molecule has 1 heterocycles. The van der Waals surface area contributed by atoms with Gasteiger partial charge in [-0.15, -0.1) is 10.2 Å². The Bertz CT molecular complexity index is 1260. The van der Waals surface area contributed by atoms with E-state index in [1.165, 1.54) is 34.4 Å². The summed E-state index contributed by atoms with van der Waals surface area (Å²) in [6, 6.07) is 24.5. The number of amides is 2. The number of anilines is 1. The van der Waals surface area contributed by atoms with Crippen LogP contribution in [0.5, 0.6) is 0 Å². The van der Waals surface area contributed by atoms with Crippen molar-refractivity contribution in [3.05, 3.63) is 102 Å². The van der Waals surface area contributed by atoms with Gasteiger partial charge in [0.15, 0.2) is 0 Å². The molecule has 0 spiro atoms. The van der Waals surface area contributed by atoms with Crippen LogP contribution < -0.4 is 5.32 Å². The first-order chi connectivity index (χ1) is 16.5. The van der Waals surface area contributed by atoms with Gasteiger partial charge in [-0.2, -0.15) is 0 Å². The second-order valence-corrected chi connectivity index (χ2v) is 8.62. The molecule has 6 nitrogen and oxygen atoms in total. The molecule has 1 N–H and O–H groups in total. The summed E-state index contributed by atoms with van der Waals surface area (Å²) in [5.41, 5.74) is 1.78. The third-order valence-corrected chi connectivity index (χ3v) is 6.27. The van der Waals surface area contributed by atoms with Gasteiger partial charge in [-0.3, -0.25) is 9.59 Å². The van der Waals surface area contributed by atoms with Crippen molar-refractivity contribution in [3.8, 4) is 10.6 Å². The molecule has 1 aromatic heterocycles. The highest BCUT2D eigenvalue weighted by molar-refractivity contribution is 7.18. The van der Waals surface area contributed by atoms with Crippen LogP contribution in [0.3, 0.4) is 0 Å². The zero-order valence-corrected chi connectivity index (χ0v) is 19.3. The molecule has 172 valence electrons. The maximum Gasteiger partial charge on any atom is 0.257 e. The van der Waals surface area contributed by atoms with Crippen molar-refractivity contribution < 1.29 is 14.0 Å². The molecule has 1 atom stereocenters. The van der Waals surface area contributed by atoms with E-state index in [0.29, 0.717) is 10.1 Å². The van der Waals surface area contributed by atoms with E-state index in [9.17, 15) is 14.0 Å². The normalized spacial score (nSPS) is 11.6. The average molecular weight is 475 g/mol. The first-order valence-corrected chi connectivity index (χ1v) is 11.6. The van der Waals surface area contributed by atoms with Gasteiger partial charge >= 0.3 is 0 Å². The Kier molecular flexibility index (Phi) is 7.39. The number of benzene rings is 3. The predicted octanol–water partition coefficient (Wildman–Crippen LogP) is 5.58. The maximum atomic E-state index is 14.4. The molecule has 0 saturated heterocycles. The lowest BCUT2D eigenvalue weighted by atomic mass is 10.0. The van der Waals surface area contributed by atoms with Crippen LogP contribution in [-0.4, -0.2) is 33.5 Å². The number of carbonyl (C=O) groups is 2. The molecule has 0 saturated carbocycles. The Morgan fingerprint density at radius 3 is 2.29 bits per heavy atom. The van der Waals surface area contributed by atoms with Crippen LogP contribution in [0, 0.1) is 5.82 Å². The minimum absolute atomic E-state index is 0.0254. The second-order valence-electron chi connectivity index (χ2n) is 7.64. The molecule has 4 aromatic rings. The fourth-order valence-electron chi connectivity index (χ4n) is 3.55. The average Bonchev–Trinajstić information content (AvgIpc) is 3.33. The van der Waals surface area contributed by atoms with E-state index in [1.807, 2.05) is 67.6 Å². The monoisotopic (exact) mass is 474 g/mol. The zero-order chi connectivity index (χ0) is 23.9. The summed E-state index contributed by atoms with van der Waals surface area (Å²) in [7, 11) is 0. The number of rotatable bonds is 8. The first kappa shape index (κ1) is 23.3. The van der Waals surface area contributed by atoms with Crippen molar-refractivity contribution in [2.24, 2.45) is 0 Å². The van der Waals surface area contributed by atoms with E-state index in [0.717, 1.165) is 11.1 Å². The fraction of sp³-hybridized carbons (Fsp3) is 0.154. The SMILES string of the molecule is C[C@@H](c1ccccc1)N(CCC(=O)Nc1nnc(-c2ccccc2)s1)C(=O)c1ccccc1F. The minimum Gasteiger partial charge on any atom is -0.331 e. The van der Waals surface area contributed by atoms with Crippen molar-refractivity contribution >= 4 is 28.3 Å². The Morgan fingerprint density at radius 1 is 0.941 bits per heavy atom. The summed E-state index contributed by atoms with van der Waals surface area (Å²) in [5, 5.41) is 12.0. The Morgan fingerprint density at radius 2 is 1.59 bits per heavy atom. The van der Waals surface area contributed by atoms with Crippen molar-refractivity contribution in [2.75, 3.05) is 11.9 Å². The number of hydrogen-bond acceptors (Lipinski definition) is 5. The molecular formula is C26H23FN4O2S. The van der Waals surface area contributed by atoms with Crippen molar-refractivity contribution in [1.29, 1.82) is 0 Å². The summed E-state index contributed by atoms with van der Waals surface area (Å²) in [6.45, 7) is 1.97. The molecule has 3 aromatic carbocycles. The third-order valence-electron chi connectivity index (χ3n) is 5.39. The molecule has 0 bridgehead atoms. The van der Waals surface area contributed by atoms with Crippen LogP contribution in [0.1, 0.15) is 35.3 Å². The van der Waals surface area contributed by atoms with E-state index >= 15 is 0 Å². The summed E-state index contributed by atoms with van der Waals surface area (Å²) in [5.74, 6) is -1.36. The van der Waals surface area contributed by atoms with Crippen LogP contribution in [-0.2, 0) is 4.79 Å². The quantitative estimate of drug-likeness (QED) is 0.362. The highest BCUT2D eigenvalue weighted by Gasteiger charge is 2.25. The van der Waals surface area contributed by atoms with Crippen LogP contribution in [0.4, 0.5) is 9.52 Å². The number of carbonyl (C=O) groups excluding carboxylic acids is 2. The summed E-state index contributed by atoms with van der Waals surface area (Å²) in [6.07, 6.45) is 0.0254. The predicted molar refractivity (Wildman–Crippen MR) is 131 cm³/mol. The molecule has 0 unspecified atom stereocenters. The number of halogens is 1. The number of nitrogens with zero attached hydrogens (tertiary/aromatic N) is 3. The van der Waals surface area contributed by atoms with Gasteiger partial charge in [0.05, 0.1) is 11.6 Å². The first-order valence-electron chi connectivity index (χ1n) is 10.8.